The molecule has 5 nitrogen and oxygen atoms in total. The van der Waals surface area contributed by atoms with Crippen LogP contribution in [0, 0.1) is 0 Å². The van der Waals surface area contributed by atoms with Crippen LogP contribution in [-0.4, -0.2) is 34.0 Å². The van der Waals surface area contributed by atoms with Gasteiger partial charge in [0.1, 0.15) is 0 Å². The molecule has 1 unspecified atom stereocenters. The van der Waals surface area contributed by atoms with Crippen LogP contribution in [0.15, 0.2) is 24.4 Å². The van der Waals surface area contributed by atoms with Gasteiger partial charge in [-0.3, -0.25) is 9.78 Å². The molecule has 0 aromatic carbocycles. The maximum absolute atomic E-state index is 12.0. The maximum atomic E-state index is 12.0. The van der Waals surface area contributed by atoms with Crippen molar-refractivity contribution in [2.45, 2.75) is 32.3 Å². The second kappa shape index (κ2) is 4.76. The molecule has 1 fully saturated rings. The van der Waals surface area contributed by atoms with Gasteiger partial charge >= 0.3 is 6.09 Å². The summed E-state index contributed by atoms with van der Waals surface area (Å²) in [4.78, 5) is 29.0. The Balaban J connectivity index is 2.02. The molecule has 2 heterocycles. The van der Waals surface area contributed by atoms with Crippen molar-refractivity contribution in [3.8, 4) is 0 Å². The van der Waals surface area contributed by atoms with Gasteiger partial charge in [-0.15, -0.1) is 0 Å². The normalized spacial score (nSPS) is 23.3. The maximum Gasteiger partial charge on any atom is 0.417 e. The Hall–Kier alpha value is -1.91. The average Bonchev–Trinajstić information content (AvgIpc) is 2.60. The predicted octanol–water partition coefficient (Wildman–Crippen LogP) is 1.77. The van der Waals surface area contributed by atoms with Crippen molar-refractivity contribution in [1.29, 1.82) is 0 Å². The van der Waals surface area contributed by atoms with Crippen LogP contribution < -0.4 is 0 Å². The van der Waals surface area contributed by atoms with Crippen molar-refractivity contribution in [2.75, 3.05) is 6.54 Å². The minimum absolute atomic E-state index is 0.258. The summed E-state index contributed by atoms with van der Waals surface area (Å²) in [5.74, 6) is -0.258. The Kier molecular flexibility index (Phi) is 3.32. The van der Waals surface area contributed by atoms with E-state index in [1.807, 2.05) is 25.1 Å². The molecule has 0 aliphatic carbocycles. The molecule has 1 aliphatic heterocycles. The summed E-state index contributed by atoms with van der Waals surface area (Å²) in [6.07, 6.45) is 2.16. The summed E-state index contributed by atoms with van der Waals surface area (Å²) in [6, 6.07) is 5.57. The van der Waals surface area contributed by atoms with Crippen LogP contribution in [-0.2, 0) is 16.0 Å². The number of hydrogen-bond donors (Lipinski definition) is 0. The van der Waals surface area contributed by atoms with Gasteiger partial charge in [0.15, 0.2) is 5.60 Å². The predicted molar refractivity (Wildman–Crippen MR) is 64.8 cm³/mol. The molecule has 0 bridgehead atoms. The number of pyridine rings is 1. The third kappa shape index (κ3) is 2.20. The number of ether oxygens (including phenoxy) is 1. The Morgan fingerprint density at radius 1 is 1.39 bits per heavy atom. The molecule has 1 aromatic heterocycles. The van der Waals surface area contributed by atoms with E-state index >= 15 is 0 Å². The molecule has 1 aromatic rings. The first kappa shape index (κ1) is 12.5. The largest absolute Gasteiger partial charge is 0.433 e. The first-order valence-electron chi connectivity index (χ1n) is 6.01. The molecule has 5 heteroatoms. The van der Waals surface area contributed by atoms with Crippen molar-refractivity contribution < 1.29 is 14.3 Å². The number of hydrogen-bond acceptors (Lipinski definition) is 4. The lowest BCUT2D eigenvalue weighted by Crippen LogP contribution is -2.39. The van der Waals surface area contributed by atoms with Crippen molar-refractivity contribution in [3.63, 3.8) is 0 Å². The van der Waals surface area contributed by atoms with E-state index in [9.17, 15) is 9.59 Å². The van der Waals surface area contributed by atoms with Crippen LogP contribution in [0.3, 0.4) is 0 Å². The van der Waals surface area contributed by atoms with E-state index in [0.717, 1.165) is 10.6 Å². The fourth-order valence-corrected chi connectivity index (χ4v) is 1.85. The first-order valence-corrected chi connectivity index (χ1v) is 6.01. The van der Waals surface area contributed by atoms with E-state index in [1.54, 1.807) is 13.1 Å². The molecule has 18 heavy (non-hydrogen) atoms. The van der Waals surface area contributed by atoms with Gasteiger partial charge in [0.05, 0.1) is 0 Å². The quantitative estimate of drug-likeness (QED) is 0.814. The monoisotopic (exact) mass is 248 g/mol. The van der Waals surface area contributed by atoms with Gasteiger partial charge in [-0.25, -0.2) is 9.69 Å². The van der Waals surface area contributed by atoms with Gasteiger partial charge in [-0.2, -0.15) is 0 Å². The van der Waals surface area contributed by atoms with Gasteiger partial charge in [-0.1, -0.05) is 13.0 Å². The molecule has 0 spiro atoms. The molecule has 1 atom stereocenters. The minimum atomic E-state index is -0.999. The van der Waals surface area contributed by atoms with Crippen LogP contribution in [0.1, 0.15) is 26.0 Å². The van der Waals surface area contributed by atoms with Crippen LogP contribution in [0.4, 0.5) is 4.79 Å². The summed E-state index contributed by atoms with van der Waals surface area (Å²) < 4.78 is 5.13. The highest BCUT2D eigenvalue weighted by atomic mass is 16.6. The topological polar surface area (TPSA) is 59.5 Å². The number of carbonyl (C=O) groups is 2. The van der Waals surface area contributed by atoms with Crippen LogP contribution in [0.2, 0.25) is 0 Å². The van der Waals surface area contributed by atoms with E-state index in [1.165, 1.54) is 0 Å². The summed E-state index contributed by atoms with van der Waals surface area (Å²) in [5, 5.41) is 0. The molecule has 2 rings (SSSR count). The van der Waals surface area contributed by atoms with Crippen molar-refractivity contribution in [3.05, 3.63) is 30.1 Å². The fourth-order valence-electron chi connectivity index (χ4n) is 1.85. The van der Waals surface area contributed by atoms with E-state index < -0.39 is 11.7 Å². The first-order chi connectivity index (χ1) is 8.57. The van der Waals surface area contributed by atoms with Gasteiger partial charge in [0.2, 0.25) is 0 Å². The van der Waals surface area contributed by atoms with Crippen LogP contribution >= 0.6 is 0 Å². The second-order valence-corrected chi connectivity index (χ2v) is 4.48. The van der Waals surface area contributed by atoms with Crippen molar-refractivity contribution in [2.24, 2.45) is 0 Å². The Morgan fingerprint density at radius 2 is 2.17 bits per heavy atom. The number of nitrogens with zero attached hydrogens (tertiary/aromatic N) is 2. The SMILES string of the molecule is CCC1(C)OC(=O)N(CCc2ccccn2)C1=O. The van der Waals surface area contributed by atoms with E-state index in [2.05, 4.69) is 4.98 Å². The second-order valence-electron chi connectivity index (χ2n) is 4.48. The molecular weight excluding hydrogens is 232 g/mol. The number of amides is 2. The average molecular weight is 248 g/mol. The van der Waals surface area contributed by atoms with Crippen LogP contribution in [0.5, 0.6) is 0 Å². The molecule has 1 aliphatic rings. The van der Waals surface area contributed by atoms with Gasteiger partial charge in [-0.05, 0) is 25.5 Å². The standard InChI is InChI=1S/C13H16N2O3/c1-3-13(2)11(16)15(12(17)18-13)9-7-10-6-4-5-8-14-10/h4-6,8H,3,7,9H2,1-2H3. The zero-order chi connectivity index (χ0) is 13.2. The highest BCUT2D eigenvalue weighted by Crippen LogP contribution is 2.27. The van der Waals surface area contributed by atoms with Crippen LogP contribution in [0.25, 0.3) is 0 Å². The Morgan fingerprint density at radius 3 is 2.72 bits per heavy atom. The van der Waals surface area contributed by atoms with Crippen molar-refractivity contribution >= 4 is 12.0 Å². The molecule has 0 N–H and O–H groups in total. The number of imide groups is 1. The molecule has 2 amide bonds. The Labute approximate surface area is 106 Å². The molecule has 0 saturated carbocycles. The van der Waals surface area contributed by atoms with Crippen molar-refractivity contribution in [1.82, 2.24) is 9.88 Å². The van der Waals surface area contributed by atoms with E-state index in [4.69, 9.17) is 4.74 Å². The zero-order valence-electron chi connectivity index (χ0n) is 10.5. The lowest BCUT2D eigenvalue weighted by Gasteiger charge is -2.17. The smallest absolute Gasteiger partial charge is 0.417 e. The van der Waals surface area contributed by atoms with Gasteiger partial charge in [0, 0.05) is 24.9 Å². The number of cyclic esters (lactones) is 1. The summed E-state index contributed by atoms with van der Waals surface area (Å²) in [6.45, 7) is 3.78. The minimum Gasteiger partial charge on any atom is -0.433 e. The fraction of sp³-hybridized carbons (Fsp3) is 0.462. The summed E-state index contributed by atoms with van der Waals surface area (Å²) in [7, 11) is 0. The lowest BCUT2D eigenvalue weighted by molar-refractivity contribution is -0.135. The molecule has 0 radical (unpaired) electrons. The number of carbonyl (C=O) groups excluding carboxylic acids is 2. The molecule has 1 saturated heterocycles. The highest BCUT2D eigenvalue weighted by molar-refractivity contribution is 6.02. The number of aromatic nitrogens is 1. The summed E-state index contributed by atoms with van der Waals surface area (Å²) in [5.41, 5.74) is -0.149. The van der Waals surface area contributed by atoms with E-state index in [-0.39, 0.29) is 5.91 Å². The summed E-state index contributed by atoms with van der Waals surface area (Å²) >= 11 is 0. The Bertz CT molecular complexity index is 461. The third-order valence-electron chi connectivity index (χ3n) is 3.22. The lowest BCUT2D eigenvalue weighted by atomic mass is 10.0. The highest BCUT2D eigenvalue weighted by Gasteiger charge is 2.48. The molecular formula is C13H16N2O3. The third-order valence-corrected chi connectivity index (χ3v) is 3.22. The van der Waals surface area contributed by atoms with Gasteiger partial charge < -0.3 is 4.74 Å². The van der Waals surface area contributed by atoms with E-state index in [0.29, 0.717) is 19.4 Å². The zero-order valence-corrected chi connectivity index (χ0v) is 10.5. The molecule has 96 valence electrons. The van der Waals surface area contributed by atoms with Gasteiger partial charge in [0.25, 0.3) is 5.91 Å². The number of rotatable bonds is 4.